The van der Waals surface area contributed by atoms with Crippen molar-refractivity contribution in [3.63, 3.8) is 0 Å². The van der Waals surface area contributed by atoms with Gasteiger partial charge in [-0.25, -0.2) is 4.98 Å². The Morgan fingerprint density at radius 3 is 2.61 bits per heavy atom. The molecule has 0 aliphatic carbocycles. The van der Waals surface area contributed by atoms with Crippen LogP contribution in [0.25, 0.3) is 6.08 Å². The number of rotatable bonds is 4. The predicted molar refractivity (Wildman–Crippen MR) is 87.5 cm³/mol. The Bertz CT molecular complexity index is 819. The van der Waals surface area contributed by atoms with Crippen LogP contribution in [0.4, 0.5) is 17.2 Å². The quantitative estimate of drug-likeness (QED) is 0.394. The van der Waals surface area contributed by atoms with Gasteiger partial charge in [-0.15, -0.1) is 0 Å². The Balaban J connectivity index is 2.46. The Morgan fingerprint density at radius 1 is 1.39 bits per heavy atom. The van der Waals surface area contributed by atoms with E-state index in [1.807, 2.05) is 32.0 Å². The summed E-state index contributed by atoms with van der Waals surface area (Å²) in [5.41, 5.74) is 3.00. The Hall–Kier alpha value is -2.98. The normalized spacial score (nSPS) is 10.5. The molecule has 1 N–H and O–H groups in total. The van der Waals surface area contributed by atoms with Crippen molar-refractivity contribution >= 4 is 34.9 Å². The van der Waals surface area contributed by atoms with E-state index in [2.05, 4.69) is 15.3 Å². The maximum absolute atomic E-state index is 11.1. The lowest BCUT2D eigenvalue weighted by atomic mass is 10.0. The second kappa shape index (κ2) is 6.85. The van der Waals surface area contributed by atoms with E-state index in [1.165, 1.54) is 6.08 Å². The summed E-state index contributed by atoms with van der Waals surface area (Å²) in [5, 5.41) is 22.5. The minimum atomic E-state index is -0.576. The molecule has 7 nitrogen and oxygen atoms in total. The number of hydrogen-bond donors (Lipinski definition) is 1. The molecular formula is C15H12ClN5O2. The summed E-state index contributed by atoms with van der Waals surface area (Å²) in [6.45, 7) is 3.71. The van der Waals surface area contributed by atoms with Gasteiger partial charge in [0.05, 0.1) is 11.0 Å². The molecule has 0 fully saturated rings. The number of halogens is 1. The van der Waals surface area contributed by atoms with Crippen molar-refractivity contribution < 1.29 is 4.92 Å². The fourth-order valence-corrected chi connectivity index (χ4v) is 2.26. The highest BCUT2D eigenvalue weighted by molar-refractivity contribution is 6.28. The van der Waals surface area contributed by atoms with Gasteiger partial charge >= 0.3 is 5.69 Å². The number of benzene rings is 1. The molecule has 2 aromatic rings. The maximum Gasteiger partial charge on any atom is 0.329 e. The molecule has 0 aliphatic heterocycles. The average molecular weight is 330 g/mol. The van der Waals surface area contributed by atoms with Gasteiger partial charge in [-0.3, -0.25) is 10.1 Å². The Labute approximate surface area is 137 Å². The zero-order valence-electron chi connectivity index (χ0n) is 12.4. The highest BCUT2D eigenvalue weighted by Crippen LogP contribution is 2.30. The van der Waals surface area contributed by atoms with Crippen LogP contribution in [0.5, 0.6) is 0 Å². The SMILES string of the molecule is Cc1cc(C=CC#N)cc(C)c1Nc1nc(Cl)ncc1[N+](=O)[O-]. The lowest BCUT2D eigenvalue weighted by Gasteiger charge is -2.13. The molecule has 0 spiro atoms. The first-order valence-corrected chi connectivity index (χ1v) is 6.91. The molecule has 1 heterocycles. The van der Waals surface area contributed by atoms with E-state index in [4.69, 9.17) is 16.9 Å². The van der Waals surface area contributed by atoms with Gasteiger partial charge in [0.1, 0.15) is 6.20 Å². The van der Waals surface area contributed by atoms with Crippen LogP contribution in [0.15, 0.2) is 24.4 Å². The van der Waals surface area contributed by atoms with Crippen molar-refractivity contribution in [2.45, 2.75) is 13.8 Å². The standard InChI is InChI=1S/C15H12ClN5O2/c1-9-6-11(4-3-5-17)7-10(2)13(9)19-14-12(21(22)23)8-18-15(16)20-14/h3-4,6-8H,1-2H3,(H,18,19,20). The van der Waals surface area contributed by atoms with Crippen molar-refractivity contribution in [2.75, 3.05) is 5.32 Å². The number of aryl methyl sites for hydroxylation is 2. The highest BCUT2D eigenvalue weighted by Gasteiger charge is 2.18. The zero-order valence-corrected chi connectivity index (χ0v) is 13.1. The molecular weight excluding hydrogens is 318 g/mol. The molecule has 23 heavy (non-hydrogen) atoms. The zero-order chi connectivity index (χ0) is 17.0. The minimum absolute atomic E-state index is 0.0292. The highest BCUT2D eigenvalue weighted by atomic mass is 35.5. The smallest absolute Gasteiger partial charge is 0.329 e. The van der Waals surface area contributed by atoms with Gasteiger partial charge in [-0.1, -0.05) is 0 Å². The Morgan fingerprint density at radius 2 is 2.04 bits per heavy atom. The van der Waals surface area contributed by atoms with Crippen LogP contribution >= 0.6 is 11.6 Å². The van der Waals surface area contributed by atoms with Crippen LogP contribution in [0.3, 0.4) is 0 Å². The van der Waals surface area contributed by atoms with Crippen molar-refractivity contribution in [3.05, 3.63) is 56.5 Å². The van der Waals surface area contributed by atoms with E-state index in [0.717, 1.165) is 22.9 Å². The van der Waals surface area contributed by atoms with E-state index in [0.29, 0.717) is 5.69 Å². The molecule has 1 aromatic carbocycles. The van der Waals surface area contributed by atoms with E-state index < -0.39 is 4.92 Å². The molecule has 8 heteroatoms. The third-order valence-corrected chi connectivity index (χ3v) is 3.27. The molecule has 0 aliphatic rings. The summed E-state index contributed by atoms with van der Waals surface area (Å²) in [7, 11) is 0. The number of allylic oxidation sites excluding steroid dienone is 1. The molecule has 0 amide bonds. The molecule has 1 aromatic heterocycles. The second-order valence-electron chi connectivity index (χ2n) is 4.75. The van der Waals surface area contributed by atoms with Gasteiger partial charge in [0.2, 0.25) is 11.1 Å². The fraction of sp³-hybridized carbons (Fsp3) is 0.133. The lowest BCUT2D eigenvalue weighted by molar-refractivity contribution is -0.384. The van der Waals surface area contributed by atoms with Gasteiger partial charge < -0.3 is 5.32 Å². The van der Waals surface area contributed by atoms with E-state index in [9.17, 15) is 10.1 Å². The number of nitrogens with one attached hydrogen (secondary N) is 1. The van der Waals surface area contributed by atoms with Crippen molar-refractivity contribution in [1.82, 2.24) is 9.97 Å². The van der Waals surface area contributed by atoms with Crippen LogP contribution < -0.4 is 5.32 Å². The number of anilines is 2. The molecule has 2 rings (SSSR count). The first-order valence-electron chi connectivity index (χ1n) is 6.53. The van der Waals surface area contributed by atoms with E-state index in [-0.39, 0.29) is 16.8 Å². The van der Waals surface area contributed by atoms with E-state index >= 15 is 0 Å². The molecule has 0 radical (unpaired) electrons. The summed E-state index contributed by atoms with van der Waals surface area (Å²) in [6.07, 6.45) is 4.14. The van der Waals surface area contributed by atoms with Gasteiger partial charge in [-0.2, -0.15) is 10.2 Å². The predicted octanol–water partition coefficient (Wildman–Crippen LogP) is 3.94. The number of hydrogen-bond acceptors (Lipinski definition) is 6. The lowest BCUT2D eigenvalue weighted by Crippen LogP contribution is -2.03. The monoisotopic (exact) mass is 329 g/mol. The average Bonchev–Trinajstić information content (AvgIpc) is 2.48. The van der Waals surface area contributed by atoms with Gasteiger partial charge in [0.15, 0.2) is 0 Å². The number of nitro groups is 1. The largest absolute Gasteiger partial charge is 0.334 e. The third kappa shape index (κ3) is 3.81. The number of nitrogens with zero attached hydrogens (tertiary/aromatic N) is 4. The van der Waals surface area contributed by atoms with Gasteiger partial charge in [0, 0.05) is 11.8 Å². The topological polar surface area (TPSA) is 105 Å². The van der Waals surface area contributed by atoms with Crippen LogP contribution in [0.2, 0.25) is 5.28 Å². The fourth-order valence-electron chi connectivity index (χ4n) is 2.12. The van der Waals surface area contributed by atoms with Crippen LogP contribution in [0.1, 0.15) is 16.7 Å². The van der Waals surface area contributed by atoms with Crippen molar-refractivity contribution in [1.29, 1.82) is 5.26 Å². The van der Waals surface area contributed by atoms with Crippen LogP contribution in [0, 0.1) is 35.3 Å². The van der Waals surface area contributed by atoms with Crippen molar-refractivity contribution in [2.24, 2.45) is 0 Å². The maximum atomic E-state index is 11.1. The van der Waals surface area contributed by atoms with Crippen molar-refractivity contribution in [3.8, 4) is 6.07 Å². The van der Waals surface area contributed by atoms with Gasteiger partial charge in [-0.05, 0) is 60.3 Å². The summed E-state index contributed by atoms with van der Waals surface area (Å²) in [4.78, 5) is 18.0. The molecule has 0 atom stereocenters. The summed E-state index contributed by atoms with van der Waals surface area (Å²) < 4.78 is 0. The Kier molecular flexibility index (Phi) is 4.88. The van der Waals surface area contributed by atoms with E-state index in [1.54, 1.807) is 6.08 Å². The summed E-state index contributed by atoms with van der Waals surface area (Å²) in [6, 6.07) is 5.65. The van der Waals surface area contributed by atoms with Gasteiger partial charge in [0.25, 0.3) is 0 Å². The molecule has 0 saturated carbocycles. The molecule has 0 unspecified atom stereocenters. The molecule has 116 valence electrons. The second-order valence-corrected chi connectivity index (χ2v) is 5.09. The summed E-state index contributed by atoms with van der Waals surface area (Å²) in [5.74, 6) is 0.0292. The van der Waals surface area contributed by atoms with Crippen LogP contribution in [-0.2, 0) is 0 Å². The molecule has 0 saturated heterocycles. The number of nitriles is 1. The first-order chi connectivity index (χ1) is 10.9. The van der Waals surface area contributed by atoms with Crippen LogP contribution in [-0.4, -0.2) is 14.9 Å². The summed E-state index contributed by atoms with van der Waals surface area (Å²) >= 11 is 5.73. The molecule has 0 bridgehead atoms. The third-order valence-electron chi connectivity index (χ3n) is 3.09. The first kappa shape index (κ1) is 16.4. The minimum Gasteiger partial charge on any atom is -0.334 e. The number of aromatic nitrogens is 2.